The summed E-state index contributed by atoms with van der Waals surface area (Å²) in [6, 6.07) is 0. The smallest absolute Gasteiger partial charge is 0.0400 e. The minimum absolute atomic E-state index is 0.122. The largest absolute Gasteiger partial charge is 0.310 e. The number of hydrogen-bond acceptors (Lipinski definition) is 1. The van der Waals surface area contributed by atoms with Crippen LogP contribution in [0.4, 0.5) is 0 Å². The lowest BCUT2D eigenvalue weighted by Crippen LogP contribution is -2.44. The Labute approximate surface area is 74.5 Å². The molecule has 1 rings (SSSR count). The molecule has 0 aromatic carbocycles. The van der Waals surface area contributed by atoms with Crippen molar-refractivity contribution in [3.63, 3.8) is 0 Å². The Bertz CT molecular complexity index is 119. The molecule has 1 nitrogen and oxygen atoms in total. The molecule has 0 saturated heterocycles. The molecule has 66 valence electrons. The van der Waals surface area contributed by atoms with Crippen molar-refractivity contribution in [2.45, 2.75) is 38.6 Å². The van der Waals surface area contributed by atoms with Crippen LogP contribution in [0.2, 0.25) is 0 Å². The first kappa shape index (κ1) is 9.34. The molecule has 1 saturated carbocycles. The first-order valence-electron chi connectivity index (χ1n) is 4.45. The fraction of sp³-hybridized carbons (Fsp3) is 1.00. The van der Waals surface area contributed by atoms with Crippen molar-refractivity contribution >= 4 is 11.6 Å². The Balaban J connectivity index is 2.09. The van der Waals surface area contributed by atoms with Gasteiger partial charge in [0.2, 0.25) is 0 Å². The molecule has 0 amide bonds. The van der Waals surface area contributed by atoms with E-state index in [1.165, 1.54) is 19.3 Å². The van der Waals surface area contributed by atoms with Crippen molar-refractivity contribution < 1.29 is 0 Å². The van der Waals surface area contributed by atoms with Crippen LogP contribution >= 0.6 is 11.6 Å². The number of alkyl halides is 1. The lowest BCUT2D eigenvalue weighted by atomic mass is 9.85. The Morgan fingerprint density at radius 3 is 2.45 bits per heavy atom. The van der Waals surface area contributed by atoms with Gasteiger partial charge in [0, 0.05) is 11.4 Å². The van der Waals surface area contributed by atoms with Crippen molar-refractivity contribution in [3.05, 3.63) is 0 Å². The predicted molar refractivity (Wildman–Crippen MR) is 50.1 cm³/mol. The highest BCUT2D eigenvalue weighted by Crippen LogP contribution is 2.25. The van der Waals surface area contributed by atoms with Crippen LogP contribution in [-0.4, -0.2) is 18.0 Å². The SMILES string of the molecule is CC(C)(CCl)NCC1CCC1. The van der Waals surface area contributed by atoms with Crippen LogP contribution < -0.4 is 5.32 Å². The predicted octanol–water partition coefficient (Wildman–Crippen LogP) is 2.39. The Morgan fingerprint density at radius 1 is 1.45 bits per heavy atom. The summed E-state index contributed by atoms with van der Waals surface area (Å²) < 4.78 is 0. The summed E-state index contributed by atoms with van der Waals surface area (Å²) in [5.41, 5.74) is 0.122. The van der Waals surface area contributed by atoms with Crippen LogP contribution in [0.15, 0.2) is 0 Å². The van der Waals surface area contributed by atoms with Crippen LogP contribution in [0.1, 0.15) is 33.1 Å². The highest BCUT2D eigenvalue weighted by molar-refractivity contribution is 6.18. The van der Waals surface area contributed by atoms with E-state index in [2.05, 4.69) is 19.2 Å². The second kappa shape index (κ2) is 3.77. The highest BCUT2D eigenvalue weighted by Gasteiger charge is 2.21. The van der Waals surface area contributed by atoms with Gasteiger partial charge in [0.25, 0.3) is 0 Å². The fourth-order valence-electron chi connectivity index (χ4n) is 1.16. The molecular weight excluding hydrogens is 158 g/mol. The topological polar surface area (TPSA) is 12.0 Å². The molecule has 0 atom stereocenters. The van der Waals surface area contributed by atoms with E-state index >= 15 is 0 Å². The van der Waals surface area contributed by atoms with Gasteiger partial charge in [0.15, 0.2) is 0 Å². The van der Waals surface area contributed by atoms with Crippen LogP contribution in [0.5, 0.6) is 0 Å². The summed E-state index contributed by atoms with van der Waals surface area (Å²) in [6.45, 7) is 5.46. The van der Waals surface area contributed by atoms with Gasteiger partial charge >= 0.3 is 0 Å². The summed E-state index contributed by atoms with van der Waals surface area (Å²) in [7, 11) is 0. The molecule has 0 aromatic heterocycles. The van der Waals surface area contributed by atoms with Gasteiger partial charge < -0.3 is 5.32 Å². The van der Waals surface area contributed by atoms with Gasteiger partial charge in [-0.1, -0.05) is 6.42 Å². The highest BCUT2D eigenvalue weighted by atomic mass is 35.5. The van der Waals surface area contributed by atoms with Crippen molar-refractivity contribution in [2.75, 3.05) is 12.4 Å². The second-order valence-electron chi connectivity index (χ2n) is 4.20. The fourth-order valence-corrected chi connectivity index (χ4v) is 1.26. The molecule has 0 aromatic rings. The Morgan fingerprint density at radius 2 is 2.09 bits per heavy atom. The van der Waals surface area contributed by atoms with E-state index in [-0.39, 0.29) is 5.54 Å². The molecule has 0 bridgehead atoms. The van der Waals surface area contributed by atoms with Crippen LogP contribution in [0, 0.1) is 5.92 Å². The van der Waals surface area contributed by atoms with E-state index in [0.29, 0.717) is 5.88 Å². The maximum absolute atomic E-state index is 5.78. The van der Waals surface area contributed by atoms with Gasteiger partial charge in [-0.2, -0.15) is 0 Å². The second-order valence-corrected chi connectivity index (χ2v) is 4.46. The maximum atomic E-state index is 5.78. The van der Waals surface area contributed by atoms with Gasteiger partial charge in [-0.05, 0) is 39.2 Å². The van der Waals surface area contributed by atoms with E-state index < -0.39 is 0 Å². The number of nitrogens with one attached hydrogen (secondary N) is 1. The maximum Gasteiger partial charge on any atom is 0.0400 e. The monoisotopic (exact) mass is 175 g/mol. The molecule has 0 radical (unpaired) electrons. The minimum atomic E-state index is 0.122. The van der Waals surface area contributed by atoms with Crippen LogP contribution in [0.25, 0.3) is 0 Å². The van der Waals surface area contributed by atoms with Crippen molar-refractivity contribution in [2.24, 2.45) is 5.92 Å². The molecule has 11 heavy (non-hydrogen) atoms. The van der Waals surface area contributed by atoms with Crippen LogP contribution in [-0.2, 0) is 0 Å². The van der Waals surface area contributed by atoms with Crippen LogP contribution in [0.3, 0.4) is 0 Å². The standard InChI is InChI=1S/C9H18ClN/c1-9(2,7-10)11-6-8-4-3-5-8/h8,11H,3-7H2,1-2H3. The summed E-state index contributed by atoms with van der Waals surface area (Å²) >= 11 is 5.78. The third-order valence-electron chi connectivity index (χ3n) is 2.43. The zero-order valence-corrected chi connectivity index (χ0v) is 8.25. The molecule has 0 spiro atoms. The van der Waals surface area contributed by atoms with E-state index in [0.717, 1.165) is 12.5 Å². The van der Waals surface area contributed by atoms with E-state index in [1.54, 1.807) is 0 Å². The summed E-state index contributed by atoms with van der Waals surface area (Å²) in [5.74, 6) is 1.62. The first-order valence-corrected chi connectivity index (χ1v) is 4.98. The molecule has 0 heterocycles. The molecule has 1 aliphatic carbocycles. The van der Waals surface area contributed by atoms with E-state index in [4.69, 9.17) is 11.6 Å². The van der Waals surface area contributed by atoms with E-state index in [9.17, 15) is 0 Å². The van der Waals surface area contributed by atoms with Gasteiger partial charge in [-0.25, -0.2) is 0 Å². The lowest BCUT2D eigenvalue weighted by Gasteiger charge is -2.31. The third-order valence-corrected chi connectivity index (χ3v) is 3.10. The summed E-state index contributed by atoms with van der Waals surface area (Å²) in [6.07, 6.45) is 4.24. The molecule has 1 N–H and O–H groups in total. The van der Waals surface area contributed by atoms with Crippen molar-refractivity contribution in [3.8, 4) is 0 Å². The zero-order valence-electron chi connectivity index (χ0n) is 7.49. The molecule has 2 heteroatoms. The van der Waals surface area contributed by atoms with Gasteiger partial charge in [-0.3, -0.25) is 0 Å². The minimum Gasteiger partial charge on any atom is -0.310 e. The Kier molecular flexibility index (Phi) is 3.20. The van der Waals surface area contributed by atoms with E-state index in [1.807, 2.05) is 0 Å². The van der Waals surface area contributed by atoms with Crippen molar-refractivity contribution in [1.29, 1.82) is 0 Å². The zero-order chi connectivity index (χ0) is 8.32. The van der Waals surface area contributed by atoms with Crippen molar-refractivity contribution in [1.82, 2.24) is 5.32 Å². The normalized spacial score (nSPS) is 19.9. The number of hydrogen-bond donors (Lipinski definition) is 1. The first-order chi connectivity index (χ1) is 5.14. The summed E-state index contributed by atoms with van der Waals surface area (Å²) in [5, 5.41) is 3.48. The number of halogens is 1. The quantitative estimate of drug-likeness (QED) is 0.648. The van der Waals surface area contributed by atoms with Gasteiger partial charge in [0.05, 0.1) is 0 Å². The average Bonchev–Trinajstić information content (AvgIpc) is 1.84. The summed E-state index contributed by atoms with van der Waals surface area (Å²) in [4.78, 5) is 0. The molecular formula is C9H18ClN. The Hall–Kier alpha value is 0.250. The lowest BCUT2D eigenvalue weighted by molar-refractivity contribution is 0.272. The number of rotatable bonds is 4. The molecule has 0 aliphatic heterocycles. The van der Waals surface area contributed by atoms with Gasteiger partial charge in [0.1, 0.15) is 0 Å². The molecule has 1 aliphatic rings. The molecule has 1 fully saturated rings. The third kappa shape index (κ3) is 3.00. The average molecular weight is 176 g/mol. The van der Waals surface area contributed by atoms with Gasteiger partial charge in [-0.15, -0.1) is 11.6 Å². The molecule has 0 unspecified atom stereocenters.